The zero-order chi connectivity index (χ0) is 13.2. The van der Waals surface area contributed by atoms with Gasteiger partial charge in [-0.05, 0) is 37.3 Å². The van der Waals surface area contributed by atoms with Crippen LogP contribution in [0.2, 0.25) is 0 Å². The molecule has 0 fully saturated rings. The highest BCUT2D eigenvalue weighted by Crippen LogP contribution is 2.26. The van der Waals surface area contributed by atoms with Crippen LogP contribution < -0.4 is 0 Å². The molecule has 0 unspecified atom stereocenters. The van der Waals surface area contributed by atoms with E-state index in [1.807, 2.05) is 37.3 Å². The average molecular weight is 268 g/mol. The van der Waals surface area contributed by atoms with Gasteiger partial charge in [-0.2, -0.15) is 0 Å². The Morgan fingerprint density at radius 1 is 1.21 bits per heavy atom. The molecule has 19 heavy (non-hydrogen) atoms. The van der Waals surface area contributed by atoms with Crippen molar-refractivity contribution in [3.63, 3.8) is 0 Å². The molecule has 0 saturated heterocycles. The number of phenolic OH excluding ortho intramolecular Hbond substituents is 1. The van der Waals surface area contributed by atoms with Gasteiger partial charge in [-0.15, -0.1) is 11.3 Å². The van der Waals surface area contributed by atoms with E-state index in [0.717, 1.165) is 20.9 Å². The van der Waals surface area contributed by atoms with Crippen LogP contribution in [0.3, 0.4) is 0 Å². The fourth-order valence-electron chi connectivity index (χ4n) is 1.85. The summed E-state index contributed by atoms with van der Waals surface area (Å²) in [7, 11) is 0. The number of para-hydroxylation sites is 1. The highest BCUT2D eigenvalue weighted by atomic mass is 32.1. The lowest BCUT2D eigenvalue weighted by Gasteiger charge is -1.97. The number of aliphatic imine (C=N–C) groups is 1. The minimum atomic E-state index is 0.237. The van der Waals surface area contributed by atoms with E-state index in [1.165, 1.54) is 0 Å². The smallest absolute Gasteiger partial charge is 0.124 e. The number of fused-ring (bicyclic) bond motifs is 1. The van der Waals surface area contributed by atoms with Crippen LogP contribution in [0, 0.1) is 6.92 Å². The number of rotatable bonds is 2. The number of nitrogens with zero attached hydrogens (tertiary/aromatic N) is 2. The first kappa shape index (κ1) is 11.9. The lowest BCUT2D eigenvalue weighted by atomic mass is 10.2. The summed E-state index contributed by atoms with van der Waals surface area (Å²) in [5.74, 6) is 0.237. The molecule has 0 aliphatic carbocycles. The Balaban J connectivity index is 1.94. The maximum atomic E-state index is 9.66. The Hall–Kier alpha value is -2.20. The van der Waals surface area contributed by atoms with Gasteiger partial charge in [-0.1, -0.05) is 12.1 Å². The predicted octanol–water partition coefficient (Wildman–Crippen LogP) is 4.06. The molecule has 3 rings (SSSR count). The van der Waals surface area contributed by atoms with Crippen molar-refractivity contribution in [3.8, 4) is 5.75 Å². The Kier molecular flexibility index (Phi) is 3.01. The van der Waals surface area contributed by atoms with E-state index in [4.69, 9.17) is 0 Å². The van der Waals surface area contributed by atoms with E-state index >= 15 is 0 Å². The maximum absolute atomic E-state index is 9.66. The van der Waals surface area contributed by atoms with Crippen molar-refractivity contribution in [1.29, 1.82) is 0 Å². The van der Waals surface area contributed by atoms with Gasteiger partial charge in [0.15, 0.2) is 0 Å². The summed E-state index contributed by atoms with van der Waals surface area (Å²) in [4.78, 5) is 8.80. The molecular weight excluding hydrogens is 256 g/mol. The Labute approximate surface area is 114 Å². The fourth-order valence-corrected chi connectivity index (χ4v) is 2.71. The normalized spacial score (nSPS) is 11.4. The second kappa shape index (κ2) is 4.82. The van der Waals surface area contributed by atoms with Crippen molar-refractivity contribution < 1.29 is 5.11 Å². The van der Waals surface area contributed by atoms with Crippen LogP contribution in [-0.2, 0) is 0 Å². The number of aryl methyl sites for hydroxylation is 1. The van der Waals surface area contributed by atoms with Crippen LogP contribution in [0.25, 0.3) is 10.2 Å². The second-order valence-corrected chi connectivity index (χ2v) is 5.44. The zero-order valence-corrected chi connectivity index (χ0v) is 11.2. The number of hydrogen-bond acceptors (Lipinski definition) is 4. The summed E-state index contributed by atoms with van der Waals surface area (Å²) in [6.07, 6.45) is 1.67. The molecule has 0 aliphatic heterocycles. The number of thiazole rings is 1. The van der Waals surface area contributed by atoms with Gasteiger partial charge in [0.1, 0.15) is 5.75 Å². The first-order valence-electron chi connectivity index (χ1n) is 5.91. The van der Waals surface area contributed by atoms with Crippen LogP contribution in [0.5, 0.6) is 5.75 Å². The maximum Gasteiger partial charge on any atom is 0.124 e. The topological polar surface area (TPSA) is 45.5 Å². The summed E-state index contributed by atoms with van der Waals surface area (Å²) in [5.41, 5.74) is 2.58. The number of aromatic hydroxyl groups is 1. The first-order chi connectivity index (χ1) is 9.22. The quantitative estimate of drug-likeness (QED) is 0.712. The van der Waals surface area contributed by atoms with Gasteiger partial charge < -0.3 is 5.11 Å². The van der Waals surface area contributed by atoms with E-state index in [2.05, 4.69) is 9.98 Å². The van der Waals surface area contributed by atoms with E-state index in [9.17, 15) is 5.11 Å². The predicted molar refractivity (Wildman–Crippen MR) is 79.7 cm³/mol. The standard InChI is InChI=1S/C15H12N2OS/c1-10-17-13-7-6-12(8-15(13)19-10)16-9-11-4-2-3-5-14(11)18/h2-9,18H,1H3/b16-9+. The number of aromatic nitrogens is 1. The van der Waals surface area contributed by atoms with Crippen molar-refractivity contribution in [3.05, 3.63) is 53.0 Å². The van der Waals surface area contributed by atoms with Crippen molar-refractivity contribution in [2.24, 2.45) is 4.99 Å². The molecule has 0 amide bonds. The molecular formula is C15H12N2OS. The van der Waals surface area contributed by atoms with Gasteiger partial charge in [0.2, 0.25) is 0 Å². The number of benzene rings is 2. The average Bonchev–Trinajstić information content (AvgIpc) is 2.77. The van der Waals surface area contributed by atoms with Crippen LogP contribution in [0.15, 0.2) is 47.5 Å². The molecule has 1 N–H and O–H groups in total. The number of phenols is 1. The van der Waals surface area contributed by atoms with Crippen molar-refractivity contribution >= 4 is 33.5 Å². The Morgan fingerprint density at radius 3 is 2.89 bits per heavy atom. The highest BCUT2D eigenvalue weighted by molar-refractivity contribution is 7.18. The van der Waals surface area contributed by atoms with Gasteiger partial charge >= 0.3 is 0 Å². The van der Waals surface area contributed by atoms with E-state index in [-0.39, 0.29) is 5.75 Å². The third kappa shape index (κ3) is 2.48. The van der Waals surface area contributed by atoms with Gasteiger partial charge in [-0.3, -0.25) is 4.99 Å². The molecule has 0 radical (unpaired) electrons. The summed E-state index contributed by atoms with van der Waals surface area (Å²) in [5, 5.41) is 10.7. The van der Waals surface area contributed by atoms with E-state index in [1.54, 1.807) is 29.7 Å². The molecule has 0 aliphatic rings. The van der Waals surface area contributed by atoms with Crippen LogP contribution >= 0.6 is 11.3 Å². The van der Waals surface area contributed by atoms with Crippen LogP contribution in [0.4, 0.5) is 5.69 Å². The first-order valence-corrected chi connectivity index (χ1v) is 6.73. The summed E-state index contributed by atoms with van der Waals surface area (Å²) >= 11 is 1.66. The SMILES string of the molecule is Cc1nc2ccc(/N=C/c3ccccc3O)cc2s1. The molecule has 1 aromatic heterocycles. The monoisotopic (exact) mass is 268 g/mol. The molecule has 0 atom stereocenters. The molecule has 0 saturated carbocycles. The number of hydrogen-bond donors (Lipinski definition) is 1. The van der Waals surface area contributed by atoms with Crippen molar-refractivity contribution in [1.82, 2.24) is 4.98 Å². The van der Waals surface area contributed by atoms with Crippen LogP contribution in [-0.4, -0.2) is 16.3 Å². The van der Waals surface area contributed by atoms with Gasteiger partial charge in [0, 0.05) is 11.8 Å². The van der Waals surface area contributed by atoms with Gasteiger partial charge in [-0.25, -0.2) is 4.98 Å². The summed E-state index contributed by atoms with van der Waals surface area (Å²) < 4.78 is 1.13. The lowest BCUT2D eigenvalue weighted by molar-refractivity contribution is 0.474. The molecule has 0 spiro atoms. The van der Waals surface area contributed by atoms with Crippen LogP contribution in [0.1, 0.15) is 10.6 Å². The lowest BCUT2D eigenvalue weighted by Crippen LogP contribution is -1.80. The van der Waals surface area contributed by atoms with Gasteiger partial charge in [0.05, 0.1) is 20.9 Å². The van der Waals surface area contributed by atoms with E-state index < -0.39 is 0 Å². The fraction of sp³-hybridized carbons (Fsp3) is 0.0667. The van der Waals surface area contributed by atoms with Crippen molar-refractivity contribution in [2.45, 2.75) is 6.92 Å². The van der Waals surface area contributed by atoms with Gasteiger partial charge in [0.25, 0.3) is 0 Å². The largest absolute Gasteiger partial charge is 0.507 e. The molecule has 3 nitrogen and oxygen atoms in total. The highest BCUT2D eigenvalue weighted by Gasteiger charge is 2.01. The molecule has 94 valence electrons. The molecule has 2 aromatic carbocycles. The Morgan fingerprint density at radius 2 is 2.05 bits per heavy atom. The summed E-state index contributed by atoms with van der Waals surface area (Å²) in [6, 6.07) is 13.0. The third-order valence-corrected chi connectivity index (χ3v) is 3.70. The molecule has 3 aromatic rings. The minimum Gasteiger partial charge on any atom is -0.507 e. The zero-order valence-electron chi connectivity index (χ0n) is 10.4. The molecule has 0 bridgehead atoms. The molecule has 4 heteroatoms. The second-order valence-electron chi connectivity index (χ2n) is 4.20. The molecule has 1 heterocycles. The van der Waals surface area contributed by atoms with Crippen molar-refractivity contribution in [2.75, 3.05) is 0 Å². The Bertz CT molecular complexity index is 762. The third-order valence-electron chi connectivity index (χ3n) is 2.77. The minimum absolute atomic E-state index is 0.237. The summed E-state index contributed by atoms with van der Waals surface area (Å²) in [6.45, 7) is 2.00. The van der Waals surface area contributed by atoms with E-state index in [0.29, 0.717) is 5.56 Å².